The molecule has 2 unspecified atom stereocenters. The molecule has 0 aromatic rings. The first-order valence-electron chi connectivity index (χ1n) is 4.61. The van der Waals surface area contributed by atoms with E-state index in [4.69, 9.17) is 4.74 Å². The molecule has 1 aliphatic carbocycles. The van der Waals surface area contributed by atoms with Crippen LogP contribution in [0, 0.1) is 5.92 Å². The van der Waals surface area contributed by atoms with Crippen LogP contribution in [-0.4, -0.2) is 27.7 Å². The Kier molecular flexibility index (Phi) is 5.84. The van der Waals surface area contributed by atoms with Gasteiger partial charge in [0.05, 0.1) is 12.7 Å². The van der Waals surface area contributed by atoms with Gasteiger partial charge in [-0.3, -0.25) is 0 Å². The van der Waals surface area contributed by atoms with Crippen molar-refractivity contribution in [3.05, 3.63) is 0 Å². The van der Waals surface area contributed by atoms with E-state index in [0.717, 1.165) is 17.9 Å². The monoisotopic (exact) mass is 376 g/mol. The summed E-state index contributed by atoms with van der Waals surface area (Å²) in [5.41, 5.74) is 0. The third kappa shape index (κ3) is 3.80. The van der Waals surface area contributed by atoms with Crippen LogP contribution in [0.1, 0.15) is 19.8 Å². The molecule has 0 aromatic carbocycles. The van der Waals surface area contributed by atoms with Crippen LogP contribution in [0.5, 0.6) is 0 Å². The first-order chi connectivity index (χ1) is 6.15. The van der Waals surface area contributed by atoms with E-state index in [9.17, 15) is 0 Å². The second-order valence-electron chi connectivity index (χ2n) is 3.63. The van der Waals surface area contributed by atoms with Gasteiger partial charge >= 0.3 is 0 Å². The highest BCUT2D eigenvalue weighted by atomic mass is 79.9. The van der Waals surface area contributed by atoms with Crippen molar-refractivity contribution in [1.82, 2.24) is 0 Å². The third-order valence-corrected chi connectivity index (χ3v) is 4.47. The van der Waals surface area contributed by atoms with Gasteiger partial charge in [0.2, 0.25) is 0 Å². The minimum Gasteiger partial charge on any atom is -0.375 e. The van der Waals surface area contributed by atoms with Crippen molar-refractivity contribution in [3.8, 4) is 0 Å². The second kappa shape index (κ2) is 6.09. The Labute approximate surface area is 105 Å². The molecule has 0 bridgehead atoms. The molecule has 0 aliphatic heterocycles. The normalized spacial score (nSPS) is 40.6. The van der Waals surface area contributed by atoms with E-state index >= 15 is 0 Å². The molecule has 78 valence electrons. The zero-order valence-corrected chi connectivity index (χ0v) is 12.4. The van der Waals surface area contributed by atoms with Crippen LogP contribution in [0.15, 0.2) is 0 Å². The lowest BCUT2D eigenvalue weighted by molar-refractivity contribution is 0.0427. The number of halogens is 3. The summed E-state index contributed by atoms with van der Waals surface area (Å²) in [6, 6.07) is 0. The summed E-state index contributed by atoms with van der Waals surface area (Å²) in [4.78, 5) is 0.999. The molecule has 0 saturated heterocycles. The van der Waals surface area contributed by atoms with Gasteiger partial charge in [-0.15, -0.1) is 0 Å². The first kappa shape index (κ1) is 12.5. The van der Waals surface area contributed by atoms with Gasteiger partial charge in [0.1, 0.15) is 0 Å². The molecule has 0 spiro atoms. The Bertz CT molecular complexity index is 142. The Morgan fingerprint density at radius 1 is 1.23 bits per heavy atom. The topological polar surface area (TPSA) is 9.23 Å². The fourth-order valence-corrected chi connectivity index (χ4v) is 4.66. The van der Waals surface area contributed by atoms with Crippen molar-refractivity contribution in [2.45, 2.75) is 35.5 Å². The van der Waals surface area contributed by atoms with Gasteiger partial charge in [-0.1, -0.05) is 54.7 Å². The van der Waals surface area contributed by atoms with Crippen LogP contribution >= 0.6 is 47.8 Å². The smallest absolute Gasteiger partial charge is 0.0825 e. The van der Waals surface area contributed by atoms with Crippen LogP contribution in [-0.2, 0) is 4.74 Å². The fourth-order valence-electron chi connectivity index (χ4n) is 1.75. The van der Waals surface area contributed by atoms with E-state index in [0.29, 0.717) is 15.8 Å². The summed E-state index contributed by atoms with van der Waals surface area (Å²) >= 11 is 10.8. The molecule has 0 aromatic heterocycles. The average Bonchev–Trinajstić information content (AvgIpc) is 2.02. The lowest BCUT2D eigenvalue weighted by atomic mass is 9.88. The predicted octanol–water partition coefficient (Wildman–Crippen LogP) is 3.72. The quantitative estimate of drug-likeness (QED) is 0.680. The molecule has 1 saturated carbocycles. The van der Waals surface area contributed by atoms with E-state index < -0.39 is 0 Å². The van der Waals surface area contributed by atoms with E-state index in [1.807, 2.05) is 0 Å². The molecular weight excluding hydrogens is 364 g/mol. The molecule has 0 amide bonds. The van der Waals surface area contributed by atoms with Gasteiger partial charge in [0.15, 0.2) is 0 Å². The maximum atomic E-state index is 5.76. The Balaban J connectivity index is 2.41. The molecular formula is C9H15Br3O. The number of hydrogen-bond donors (Lipinski definition) is 0. The standard InChI is InChI=1S/C9H15Br3O/c1-6-4-7(11)9(8(12)5-6)13-3-2-10/h6-9H,2-5H2,1H3. The van der Waals surface area contributed by atoms with Crippen molar-refractivity contribution < 1.29 is 4.74 Å². The summed E-state index contributed by atoms with van der Waals surface area (Å²) in [6.45, 7) is 3.09. The van der Waals surface area contributed by atoms with E-state index in [1.165, 1.54) is 12.8 Å². The van der Waals surface area contributed by atoms with E-state index in [1.54, 1.807) is 0 Å². The Morgan fingerprint density at radius 3 is 2.23 bits per heavy atom. The van der Waals surface area contributed by atoms with E-state index in [-0.39, 0.29) is 0 Å². The largest absolute Gasteiger partial charge is 0.375 e. The van der Waals surface area contributed by atoms with Gasteiger partial charge in [-0.25, -0.2) is 0 Å². The molecule has 0 N–H and O–H groups in total. The molecule has 1 aliphatic rings. The van der Waals surface area contributed by atoms with E-state index in [2.05, 4.69) is 54.7 Å². The van der Waals surface area contributed by atoms with Crippen LogP contribution in [0.25, 0.3) is 0 Å². The highest BCUT2D eigenvalue weighted by Crippen LogP contribution is 2.35. The Hall–Kier alpha value is 1.40. The molecule has 0 radical (unpaired) electrons. The van der Waals surface area contributed by atoms with Gasteiger partial charge in [-0.05, 0) is 18.8 Å². The minimum absolute atomic E-state index is 0.328. The minimum atomic E-state index is 0.328. The number of alkyl halides is 3. The Morgan fingerprint density at radius 2 is 1.77 bits per heavy atom. The number of rotatable bonds is 3. The van der Waals surface area contributed by atoms with Crippen LogP contribution in [0.3, 0.4) is 0 Å². The highest BCUT2D eigenvalue weighted by molar-refractivity contribution is 9.10. The zero-order valence-electron chi connectivity index (χ0n) is 7.68. The SMILES string of the molecule is CC1CC(Br)C(OCCBr)C(Br)C1. The summed E-state index contributed by atoms with van der Waals surface area (Å²) in [5.74, 6) is 0.789. The van der Waals surface area contributed by atoms with Crippen LogP contribution in [0.4, 0.5) is 0 Å². The molecule has 13 heavy (non-hydrogen) atoms. The fraction of sp³-hybridized carbons (Fsp3) is 1.00. The zero-order chi connectivity index (χ0) is 9.84. The van der Waals surface area contributed by atoms with Crippen LogP contribution < -0.4 is 0 Å². The lowest BCUT2D eigenvalue weighted by Crippen LogP contribution is -2.40. The first-order valence-corrected chi connectivity index (χ1v) is 7.56. The molecule has 2 atom stereocenters. The second-order valence-corrected chi connectivity index (χ2v) is 6.78. The maximum absolute atomic E-state index is 5.76. The van der Waals surface area contributed by atoms with Gasteiger partial charge in [0, 0.05) is 15.0 Å². The molecule has 1 nitrogen and oxygen atoms in total. The summed E-state index contributed by atoms with van der Waals surface area (Å²) in [5, 5.41) is 0.915. The van der Waals surface area contributed by atoms with Crippen molar-refractivity contribution in [2.24, 2.45) is 5.92 Å². The van der Waals surface area contributed by atoms with Gasteiger partial charge in [0.25, 0.3) is 0 Å². The van der Waals surface area contributed by atoms with Crippen molar-refractivity contribution >= 4 is 47.8 Å². The third-order valence-electron chi connectivity index (χ3n) is 2.36. The number of ether oxygens (including phenoxy) is 1. The summed E-state index contributed by atoms with van der Waals surface area (Å²) in [7, 11) is 0. The van der Waals surface area contributed by atoms with Gasteiger partial charge in [-0.2, -0.15) is 0 Å². The molecule has 4 heteroatoms. The lowest BCUT2D eigenvalue weighted by Gasteiger charge is -2.35. The number of hydrogen-bond acceptors (Lipinski definition) is 1. The highest BCUT2D eigenvalue weighted by Gasteiger charge is 2.34. The summed E-state index contributed by atoms with van der Waals surface area (Å²) < 4.78 is 5.76. The predicted molar refractivity (Wildman–Crippen MR) is 67.4 cm³/mol. The molecule has 1 fully saturated rings. The average molecular weight is 379 g/mol. The van der Waals surface area contributed by atoms with Crippen molar-refractivity contribution in [1.29, 1.82) is 0 Å². The maximum Gasteiger partial charge on any atom is 0.0825 e. The summed E-state index contributed by atoms with van der Waals surface area (Å²) in [6.07, 6.45) is 2.76. The molecule has 0 heterocycles. The van der Waals surface area contributed by atoms with Crippen molar-refractivity contribution in [3.63, 3.8) is 0 Å². The van der Waals surface area contributed by atoms with Crippen LogP contribution in [0.2, 0.25) is 0 Å². The van der Waals surface area contributed by atoms with Crippen molar-refractivity contribution in [2.75, 3.05) is 11.9 Å². The molecule has 1 rings (SSSR count). The van der Waals surface area contributed by atoms with Gasteiger partial charge < -0.3 is 4.74 Å².